The number of nitrogens with zero attached hydrogens (tertiary/aromatic N) is 1. The van der Waals surface area contributed by atoms with Crippen LogP contribution in [0, 0.1) is 16.0 Å². The molecule has 1 aliphatic heterocycles. The summed E-state index contributed by atoms with van der Waals surface area (Å²) in [6.07, 6.45) is 4.60. The summed E-state index contributed by atoms with van der Waals surface area (Å²) in [5, 5.41) is 19.9. The van der Waals surface area contributed by atoms with Crippen LogP contribution in [0.5, 0.6) is 0 Å². The van der Waals surface area contributed by atoms with E-state index in [1.807, 2.05) is 6.26 Å². The molecule has 1 fully saturated rings. The summed E-state index contributed by atoms with van der Waals surface area (Å²) in [6.45, 7) is 2.48. The molecule has 0 spiro atoms. The molecule has 1 heterocycles. The normalized spacial score (nSPS) is 17.1. The Bertz CT molecular complexity index is 671. The minimum Gasteiger partial charge on any atom is -0.354 e. The molecule has 1 aromatic carbocycles. The van der Waals surface area contributed by atoms with Gasteiger partial charge in [0.15, 0.2) is 0 Å². The van der Waals surface area contributed by atoms with Gasteiger partial charge in [0.05, 0.1) is 4.92 Å². The van der Waals surface area contributed by atoms with E-state index in [2.05, 4.69) is 16.0 Å². The topological polar surface area (TPSA) is 113 Å². The standard InChI is InChI=1S/C18H26N4O4S.ClH/c1-27-9-7-16(18(24)20-12-13-4-3-8-19-11-13)21-17(23)14-5-2-6-15(10-14)22(25)26;/h2,5-6,10,13,16,19H,3-4,7-9,11-12H2,1H3,(H,20,24)(H,21,23);1H. The molecule has 28 heavy (non-hydrogen) atoms. The summed E-state index contributed by atoms with van der Waals surface area (Å²) >= 11 is 1.59. The van der Waals surface area contributed by atoms with E-state index in [0.717, 1.165) is 31.7 Å². The fourth-order valence-corrected chi connectivity index (χ4v) is 3.44. The van der Waals surface area contributed by atoms with E-state index in [1.54, 1.807) is 11.8 Å². The maximum absolute atomic E-state index is 12.6. The molecular weight excluding hydrogens is 404 g/mol. The highest BCUT2D eigenvalue weighted by Gasteiger charge is 2.23. The molecule has 0 aromatic heterocycles. The Morgan fingerprint density at radius 2 is 2.21 bits per heavy atom. The molecule has 1 aromatic rings. The van der Waals surface area contributed by atoms with Crippen molar-refractivity contribution in [3.63, 3.8) is 0 Å². The van der Waals surface area contributed by atoms with Crippen LogP contribution in [0.3, 0.4) is 0 Å². The van der Waals surface area contributed by atoms with Crippen molar-refractivity contribution in [3.05, 3.63) is 39.9 Å². The third-order valence-corrected chi connectivity index (χ3v) is 5.16. The summed E-state index contributed by atoms with van der Waals surface area (Å²) in [6, 6.07) is 4.83. The first-order chi connectivity index (χ1) is 13.0. The third-order valence-electron chi connectivity index (χ3n) is 4.52. The number of hydrogen-bond donors (Lipinski definition) is 3. The van der Waals surface area contributed by atoms with E-state index in [1.165, 1.54) is 24.3 Å². The number of halogens is 1. The van der Waals surface area contributed by atoms with Crippen molar-refractivity contribution in [1.82, 2.24) is 16.0 Å². The van der Waals surface area contributed by atoms with Gasteiger partial charge in [0, 0.05) is 24.2 Å². The molecule has 8 nitrogen and oxygen atoms in total. The molecule has 0 aliphatic carbocycles. The van der Waals surface area contributed by atoms with Gasteiger partial charge < -0.3 is 16.0 Å². The second-order valence-electron chi connectivity index (χ2n) is 6.57. The SMILES string of the molecule is CSCCC(NC(=O)c1cccc([N+](=O)[O-])c1)C(=O)NCC1CCCNC1.Cl. The quantitative estimate of drug-likeness (QED) is 0.408. The smallest absolute Gasteiger partial charge is 0.270 e. The van der Waals surface area contributed by atoms with Crippen LogP contribution in [-0.2, 0) is 4.79 Å². The van der Waals surface area contributed by atoms with Gasteiger partial charge in [0.2, 0.25) is 5.91 Å². The van der Waals surface area contributed by atoms with E-state index in [0.29, 0.717) is 18.9 Å². The minimum atomic E-state index is -0.666. The molecule has 0 saturated carbocycles. The van der Waals surface area contributed by atoms with Crippen molar-refractivity contribution in [2.45, 2.75) is 25.3 Å². The van der Waals surface area contributed by atoms with Gasteiger partial charge in [-0.1, -0.05) is 6.07 Å². The van der Waals surface area contributed by atoms with Crippen LogP contribution < -0.4 is 16.0 Å². The average Bonchev–Trinajstić information content (AvgIpc) is 2.70. The lowest BCUT2D eigenvalue weighted by molar-refractivity contribution is -0.384. The zero-order valence-electron chi connectivity index (χ0n) is 15.8. The molecule has 1 saturated heterocycles. The van der Waals surface area contributed by atoms with Crippen LogP contribution >= 0.6 is 24.2 Å². The zero-order chi connectivity index (χ0) is 19.6. The van der Waals surface area contributed by atoms with Crippen molar-refractivity contribution in [3.8, 4) is 0 Å². The third kappa shape index (κ3) is 7.65. The largest absolute Gasteiger partial charge is 0.354 e. The number of carbonyl (C=O) groups excluding carboxylic acids is 2. The first kappa shape index (κ1) is 24.2. The van der Waals surface area contributed by atoms with Crippen molar-refractivity contribution in [2.75, 3.05) is 31.6 Å². The number of nitro groups is 1. The Hall–Kier alpha value is -1.84. The second kappa shape index (κ2) is 12.6. The summed E-state index contributed by atoms with van der Waals surface area (Å²) in [7, 11) is 0. The molecule has 10 heteroatoms. The predicted octanol–water partition coefficient (Wildman–Crippen LogP) is 1.98. The molecule has 0 bridgehead atoms. The molecule has 2 atom stereocenters. The zero-order valence-corrected chi connectivity index (χ0v) is 17.4. The summed E-state index contributed by atoms with van der Waals surface area (Å²) in [5.74, 6) is 0.419. The number of hydrogen-bond acceptors (Lipinski definition) is 6. The van der Waals surface area contributed by atoms with E-state index in [-0.39, 0.29) is 29.6 Å². The van der Waals surface area contributed by atoms with Gasteiger partial charge in [-0.25, -0.2) is 0 Å². The molecule has 2 unspecified atom stereocenters. The predicted molar refractivity (Wildman–Crippen MR) is 113 cm³/mol. The lowest BCUT2D eigenvalue weighted by Gasteiger charge is -2.24. The van der Waals surface area contributed by atoms with Crippen LogP contribution in [0.1, 0.15) is 29.6 Å². The minimum absolute atomic E-state index is 0. The first-order valence-corrected chi connectivity index (χ1v) is 10.4. The number of benzene rings is 1. The monoisotopic (exact) mass is 430 g/mol. The Morgan fingerprint density at radius 3 is 2.86 bits per heavy atom. The lowest BCUT2D eigenvalue weighted by atomic mass is 9.99. The van der Waals surface area contributed by atoms with Crippen LogP contribution in [0.4, 0.5) is 5.69 Å². The second-order valence-corrected chi connectivity index (χ2v) is 7.56. The number of thioether (sulfide) groups is 1. The number of carbonyl (C=O) groups is 2. The lowest BCUT2D eigenvalue weighted by Crippen LogP contribution is -2.49. The van der Waals surface area contributed by atoms with E-state index < -0.39 is 16.9 Å². The van der Waals surface area contributed by atoms with Gasteiger partial charge in [-0.2, -0.15) is 11.8 Å². The van der Waals surface area contributed by atoms with E-state index in [4.69, 9.17) is 0 Å². The fraction of sp³-hybridized carbons (Fsp3) is 0.556. The first-order valence-electron chi connectivity index (χ1n) is 9.04. The van der Waals surface area contributed by atoms with Crippen LogP contribution in [0.15, 0.2) is 24.3 Å². The highest BCUT2D eigenvalue weighted by atomic mass is 35.5. The number of nitro benzene ring substituents is 1. The average molecular weight is 431 g/mol. The van der Waals surface area contributed by atoms with Crippen molar-refractivity contribution >= 4 is 41.7 Å². The van der Waals surface area contributed by atoms with Crippen molar-refractivity contribution in [1.29, 1.82) is 0 Å². The number of amides is 2. The molecular formula is C18H27ClN4O4S. The Labute approximate surface area is 175 Å². The summed E-state index contributed by atoms with van der Waals surface area (Å²) in [4.78, 5) is 35.4. The summed E-state index contributed by atoms with van der Waals surface area (Å²) < 4.78 is 0. The van der Waals surface area contributed by atoms with Gasteiger partial charge in [0.1, 0.15) is 6.04 Å². The molecule has 156 valence electrons. The van der Waals surface area contributed by atoms with Gasteiger partial charge in [-0.15, -0.1) is 12.4 Å². The van der Waals surface area contributed by atoms with Crippen molar-refractivity contribution < 1.29 is 14.5 Å². The van der Waals surface area contributed by atoms with Gasteiger partial charge in [-0.05, 0) is 56.3 Å². The van der Waals surface area contributed by atoms with Crippen LogP contribution in [0.25, 0.3) is 0 Å². The number of nitrogens with one attached hydrogen (secondary N) is 3. The number of rotatable bonds is 9. The highest BCUT2D eigenvalue weighted by Crippen LogP contribution is 2.14. The molecule has 2 amide bonds. The number of piperidine rings is 1. The van der Waals surface area contributed by atoms with Crippen molar-refractivity contribution in [2.24, 2.45) is 5.92 Å². The molecule has 3 N–H and O–H groups in total. The fourth-order valence-electron chi connectivity index (χ4n) is 2.97. The number of non-ortho nitro benzene ring substituents is 1. The van der Waals surface area contributed by atoms with Crippen LogP contribution in [-0.4, -0.2) is 54.4 Å². The Kier molecular flexibility index (Phi) is 10.9. The Morgan fingerprint density at radius 1 is 1.43 bits per heavy atom. The van der Waals surface area contributed by atoms with Gasteiger partial charge >= 0.3 is 0 Å². The van der Waals surface area contributed by atoms with Gasteiger partial charge in [0.25, 0.3) is 11.6 Å². The summed E-state index contributed by atoms with van der Waals surface area (Å²) in [5.41, 5.74) is 0.0141. The molecule has 2 rings (SSSR count). The maximum Gasteiger partial charge on any atom is 0.270 e. The maximum atomic E-state index is 12.6. The molecule has 1 aliphatic rings. The Balaban J connectivity index is 0.00000392. The highest BCUT2D eigenvalue weighted by molar-refractivity contribution is 7.98. The van der Waals surface area contributed by atoms with E-state index in [9.17, 15) is 19.7 Å². The van der Waals surface area contributed by atoms with Crippen LogP contribution in [0.2, 0.25) is 0 Å². The van der Waals surface area contributed by atoms with Gasteiger partial charge in [-0.3, -0.25) is 19.7 Å². The van der Waals surface area contributed by atoms with E-state index >= 15 is 0 Å². The molecule has 0 radical (unpaired) electrons.